The molecule has 3 aromatic rings. The number of fused-ring (bicyclic) bond motifs is 1. The van der Waals surface area contributed by atoms with Gasteiger partial charge in [0.25, 0.3) is 0 Å². The van der Waals surface area contributed by atoms with Crippen molar-refractivity contribution in [2.75, 3.05) is 24.6 Å². The molecule has 5 nitrogen and oxygen atoms in total. The van der Waals surface area contributed by atoms with E-state index in [1.54, 1.807) is 0 Å². The molecule has 1 aromatic heterocycles. The largest absolute Gasteiger partial charge is 0.459 e. The van der Waals surface area contributed by atoms with Crippen molar-refractivity contribution < 1.29 is 18.3 Å². The summed E-state index contributed by atoms with van der Waals surface area (Å²) in [5, 5.41) is 4.70. The Kier molecular flexibility index (Phi) is 5.29. The van der Waals surface area contributed by atoms with Gasteiger partial charge >= 0.3 is 0 Å². The first-order valence-electron chi connectivity index (χ1n) is 10.7. The Morgan fingerprint density at radius 1 is 0.967 bits per heavy atom. The van der Waals surface area contributed by atoms with E-state index in [1.807, 2.05) is 24.3 Å². The number of aromatic nitrogens is 2. The number of halogens is 2. The van der Waals surface area contributed by atoms with Gasteiger partial charge in [-0.2, -0.15) is 5.10 Å². The molecule has 2 aliphatic heterocycles. The number of nitrogens with zero attached hydrogens (tertiary/aromatic N) is 3. The maximum absolute atomic E-state index is 15.3. The highest BCUT2D eigenvalue weighted by Crippen LogP contribution is 2.33. The lowest BCUT2D eigenvalue weighted by molar-refractivity contribution is -0.108. The molecule has 158 valence electrons. The van der Waals surface area contributed by atoms with Crippen molar-refractivity contribution >= 4 is 16.6 Å². The summed E-state index contributed by atoms with van der Waals surface area (Å²) in [5.41, 5.74) is 2.07. The van der Waals surface area contributed by atoms with Crippen LogP contribution in [0.4, 0.5) is 14.5 Å². The van der Waals surface area contributed by atoms with Crippen molar-refractivity contribution in [3.05, 3.63) is 48.2 Å². The second-order valence-corrected chi connectivity index (χ2v) is 7.97. The highest BCUT2D eigenvalue weighted by Gasteiger charge is 2.24. The number of ether oxygens (including phenoxy) is 2. The first-order chi connectivity index (χ1) is 14.7. The van der Waals surface area contributed by atoms with E-state index in [2.05, 4.69) is 10.00 Å². The van der Waals surface area contributed by atoms with Crippen molar-refractivity contribution in [3.63, 3.8) is 0 Å². The van der Waals surface area contributed by atoms with E-state index in [4.69, 9.17) is 9.47 Å². The van der Waals surface area contributed by atoms with E-state index in [0.717, 1.165) is 37.3 Å². The Balaban J connectivity index is 1.48. The molecular formula is C23H25F2N3O2. The van der Waals surface area contributed by atoms with Crippen LogP contribution in [0.5, 0.6) is 5.75 Å². The molecule has 5 rings (SSSR count). The Bertz CT molecular complexity index is 1020. The van der Waals surface area contributed by atoms with Crippen LogP contribution in [0, 0.1) is 11.6 Å². The van der Waals surface area contributed by atoms with Crippen LogP contribution in [0.2, 0.25) is 0 Å². The van der Waals surface area contributed by atoms with Crippen molar-refractivity contribution in [3.8, 4) is 11.4 Å². The predicted molar refractivity (Wildman–Crippen MR) is 111 cm³/mol. The van der Waals surface area contributed by atoms with E-state index >= 15 is 4.39 Å². The summed E-state index contributed by atoms with van der Waals surface area (Å²) in [6.45, 7) is 2.65. The van der Waals surface area contributed by atoms with Crippen LogP contribution in [0.3, 0.4) is 0 Å². The second-order valence-electron chi connectivity index (χ2n) is 7.97. The molecule has 2 aromatic carbocycles. The van der Waals surface area contributed by atoms with Crippen molar-refractivity contribution in [1.29, 1.82) is 0 Å². The number of hydrogen-bond acceptors (Lipinski definition) is 4. The fraction of sp³-hybridized carbons (Fsp3) is 0.435. The maximum Gasteiger partial charge on any atom is 0.200 e. The highest BCUT2D eigenvalue weighted by atomic mass is 19.1. The van der Waals surface area contributed by atoms with Gasteiger partial charge in [-0.25, -0.2) is 13.5 Å². The Hall–Kier alpha value is -2.67. The molecule has 1 unspecified atom stereocenters. The third kappa shape index (κ3) is 3.62. The van der Waals surface area contributed by atoms with E-state index < -0.39 is 23.7 Å². The van der Waals surface area contributed by atoms with Gasteiger partial charge in [0, 0.05) is 30.6 Å². The fourth-order valence-corrected chi connectivity index (χ4v) is 4.30. The fourth-order valence-electron chi connectivity index (χ4n) is 4.30. The molecule has 3 heterocycles. The van der Waals surface area contributed by atoms with Gasteiger partial charge in [-0.05, 0) is 62.4 Å². The summed E-state index contributed by atoms with van der Waals surface area (Å²) in [5.74, 6) is -1.90. The Morgan fingerprint density at radius 2 is 1.73 bits per heavy atom. The second kappa shape index (κ2) is 8.22. The van der Waals surface area contributed by atoms with Gasteiger partial charge in [0.05, 0.1) is 18.5 Å². The molecule has 0 spiro atoms. The van der Waals surface area contributed by atoms with Crippen molar-refractivity contribution in [1.82, 2.24) is 9.78 Å². The summed E-state index contributed by atoms with van der Waals surface area (Å²) in [7, 11) is 0. The minimum absolute atomic E-state index is 0.202. The van der Waals surface area contributed by atoms with Crippen molar-refractivity contribution in [2.24, 2.45) is 0 Å². The zero-order chi connectivity index (χ0) is 20.5. The smallest absolute Gasteiger partial charge is 0.200 e. The van der Waals surface area contributed by atoms with Crippen LogP contribution in [0.15, 0.2) is 36.5 Å². The van der Waals surface area contributed by atoms with Gasteiger partial charge in [0.1, 0.15) is 5.52 Å². The predicted octanol–water partition coefficient (Wildman–Crippen LogP) is 5.20. The van der Waals surface area contributed by atoms with Gasteiger partial charge in [0.15, 0.2) is 23.7 Å². The Labute approximate surface area is 174 Å². The van der Waals surface area contributed by atoms with Gasteiger partial charge < -0.3 is 14.4 Å². The summed E-state index contributed by atoms with van der Waals surface area (Å²) in [6.07, 6.45) is 7.00. The lowest BCUT2D eigenvalue weighted by atomic mass is 10.1. The number of benzene rings is 2. The Morgan fingerprint density at radius 3 is 2.47 bits per heavy atom. The first kappa shape index (κ1) is 19.3. The number of anilines is 1. The molecule has 2 fully saturated rings. The molecule has 2 aliphatic rings. The van der Waals surface area contributed by atoms with Crippen LogP contribution in [-0.2, 0) is 4.74 Å². The van der Waals surface area contributed by atoms with Crippen LogP contribution in [-0.4, -0.2) is 35.8 Å². The summed E-state index contributed by atoms with van der Waals surface area (Å²) in [6, 6.07) is 9.17. The maximum atomic E-state index is 15.3. The molecule has 0 N–H and O–H groups in total. The standard InChI is InChI=1S/C23H25F2N3O2/c24-19-14-16-15-26-28(18-9-7-17(8-10-18)27-11-3-1-4-12-27)22(16)21(25)23(19)30-20-6-2-5-13-29-20/h7-10,14-15,20H,1-6,11-13H2. The lowest BCUT2D eigenvalue weighted by Gasteiger charge is -2.28. The number of rotatable bonds is 4. The quantitative estimate of drug-likeness (QED) is 0.589. The minimum Gasteiger partial charge on any atom is -0.459 e. The first-order valence-corrected chi connectivity index (χ1v) is 10.7. The third-order valence-electron chi connectivity index (χ3n) is 5.91. The van der Waals surface area contributed by atoms with Crippen LogP contribution in [0.25, 0.3) is 16.6 Å². The van der Waals surface area contributed by atoms with Crippen LogP contribution >= 0.6 is 0 Å². The molecule has 30 heavy (non-hydrogen) atoms. The SMILES string of the molecule is Fc1cc2cnn(-c3ccc(N4CCCCC4)cc3)c2c(F)c1OC1CCCCO1. The monoisotopic (exact) mass is 413 g/mol. The average Bonchev–Trinajstić information content (AvgIpc) is 3.22. The lowest BCUT2D eigenvalue weighted by Crippen LogP contribution is -2.29. The number of piperidine rings is 1. The van der Waals surface area contributed by atoms with E-state index in [-0.39, 0.29) is 5.52 Å². The van der Waals surface area contributed by atoms with E-state index in [1.165, 1.54) is 36.2 Å². The van der Waals surface area contributed by atoms with Gasteiger partial charge in [-0.15, -0.1) is 0 Å². The normalized spacial score (nSPS) is 19.9. The molecule has 0 amide bonds. The average molecular weight is 413 g/mol. The molecule has 0 aliphatic carbocycles. The summed E-state index contributed by atoms with van der Waals surface area (Å²) in [4.78, 5) is 2.36. The van der Waals surface area contributed by atoms with Gasteiger partial charge in [-0.1, -0.05) is 0 Å². The number of hydrogen-bond donors (Lipinski definition) is 0. The molecular weight excluding hydrogens is 388 g/mol. The van der Waals surface area contributed by atoms with Crippen LogP contribution < -0.4 is 9.64 Å². The van der Waals surface area contributed by atoms with Gasteiger partial charge in [0.2, 0.25) is 0 Å². The summed E-state index contributed by atoms with van der Waals surface area (Å²) < 4.78 is 42.4. The van der Waals surface area contributed by atoms with Crippen molar-refractivity contribution in [2.45, 2.75) is 44.8 Å². The topological polar surface area (TPSA) is 39.5 Å². The molecule has 2 saturated heterocycles. The molecule has 0 saturated carbocycles. The zero-order valence-electron chi connectivity index (χ0n) is 16.8. The van der Waals surface area contributed by atoms with Gasteiger partial charge in [-0.3, -0.25) is 0 Å². The molecule has 0 radical (unpaired) electrons. The van der Waals surface area contributed by atoms with E-state index in [0.29, 0.717) is 18.4 Å². The molecule has 1 atom stereocenters. The van der Waals surface area contributed by atoms with Crippen LogP contribution in [0.1, 0.15) is 38.5 Å². The summed E-state index contributed by atoms with van der Waals surface area (Å²) >= 11 is 0. The zero-order valence-corrected chi connectivity index (χ0v) is 16.8. The minimum atomic E-state index is -0.753. The molecule has 7 heteroatoms. The highest BCUT2D eigenvalue weighted by molar-refractivity contribution is 5.83. The molecule has 0 bridgehead atoms. The third-order valence-corrected chi connectivity index (χ3v) is 5.91. The van der Waals surface area contributed by atoms with E-state index in [9.17, 15) is 4.39 Å².